The molecule has 4 heteroatoms. The first kappa shape index (κ1) is 16.3. The van der Waals surface area contributed by atoms with Crippen LogP contribution in [-0.2, 0) is 17.7 Å². The van der Waals surface area contributed by atoms with Gasteiger partial charge in [0.25, 0.3) is 5.91 Å². The molecular weight excluding hydrogens is 312 g/mol. The molecule has 0 saturated carbocycles. The smallest absolute Gasteiger partial charge is 0.258 e. The molecule has 0 N–H and O–H groups in total. The van der Waals surface area contributed by atoms with Gasteiger partial charge in [-0.15, -0.1) is 0 Å². The zero-order valence-corrected chi connectivity index (χ0v) is 14.6. The Morgan fingerprint density at radius 1 is 1.12 bits per heavy atom. The normalized spacial score (nSPS) is 20.5. The fourth-order valence-electron chi connectivity index (χ4n) is 3.83. The van der Waals surface area contributed by atoms with Gasteiger partial charge in [-0.3, -0.25) is 9.69 Å². The van der Waals surface area contributed by atoms with Gasteiger partial charge in [0, 0.05) is 36.9 Å². The number of nitrogens with zero attached hydrogens (tertiary/aromatic N) is 2. The average Bonchev–Trinajstić information content (AvgIpc) is 2.98. The second-order valence-corrected chi connectivity index (χ2v) is 6.95. The summed E-state index contributed by atoms with van der Waals surface area (Å²) in [6.45, 7) is 6.48. The largest absolute Gasteiger partial charge is 0.379 e. The Labute approximate surface area is 149 Å². The molecule has 130 valence electrons. The summed E-state index contributed by atoms with van der Waals surface area (Å²) in [7, 11) is 0. The van der Waals surface area contributed by atoms with Crippen LogP contribution >= 0.6 is 0 Å². The summed E-state index contributed by atoms with van der Waals surface area (Å²) < 4.78 is 5.41. The first-order valence-corrected chi connectivity index (χ1v) is 9.03. The number of hydrogen-bond donors (Lipinski definition) is 0. The number of para-hydroxylation sites is 1. The minimum Gasteiger partial charge on any atom is -0.379 e. The number of rotatable bonds is 3. The summed E-state index contributed by atoms with van der Waals surface area (Å²) in [4.78, 5) is 17.5. The summed E-state index contributed by atoms with van der Waals surface area (Å²) in [5.74, 6) is 0.0984. The van der Waals surface area contributed by atoms with E-state index < -0.39 is 0 Å². The summed E-state index contributed by atoms with van der Waals surface area (Å²) >= 11 is 0. The molecule has 0 aliphatic carbocycles. The number of carbonyl (C=O) groups is 1. The highest BCUT2D eigenvalue weighted by Crippen LogP contribution is 2.33. The number of carbonyl (C=O) groups excluding carboxylic acids is 1. The van der Waals surface area contributed by atoms with Crippen LogP contribution in [0.15, 0.2) is 48.5 Å². The predicted molar refractivity (Wildman–Crippen MR) is 99.0 cm³/mol. The molecule has 1 saturated heterocycles. The third kappa shape index (κ3) is 3.32. The van der Waals surface area contributed by atoms with Crippen LogP contribution in [0.2, 0.25) is 0 Å². The SMILES string of the molecule is CC1Cc2ccccc2N1C(=O)c1cccc(CN2CCOCC2)c1. The van der Waals surface area contributed by atoms with Crippen molar-refractivity contribution in [2.45, 2.75) is 25.9 Å². The lowest BCUT2D eigenvalue weighted by Crippen LogP contribution is -2.36. The average molecular weight is 336 g/mol. The molecular formula is C21H24N2O2. The lowest BCUT2D eigenvalue weighted by atomic mass is 10.1. The number of morpholine rings is 1. The van der Waals surface area contributed by atoms with Crippen LogP contribution in [-0.4, -0.2) is 43.2 Å². The van der Waals surface area contributed by atoms with Crippen LogP contribution in [0.25, 0.3) is 0 Å². The third-order valence-electron chi connectivity index (χ3n) is 5.11. The molecule has 1 fully saturated rings. The van der Waals surface area contributed by atoms with E-state index >= 15 is 0 Å². The molecule has 25 heavy (non-hydrogen) atoms. The van der Waals surface area contributed by atoms with Gasteiger partial charge >= 0.3 is 0 Å². The Morgan fingerprint density at radius 2 is 1.92 bits per heavy atom. The molecule has 4 nitrogen and oxygen atoms in total. The van der Waals surface area contributed by atoms with Crippen molar-refractivity contribution in [3.63, 3.8) is 0 Å². The summed E-state index contributed by atoms with van der Waals surface area (Å²) in [6.07, 6.45) is 0.926. The maximum absolute atomic E-state index is 13.2. The standard InChI is InChI=1S/C21H24N2O2/c1-16-13-18-6-2-3-8-20(18)23(16)21(24)19-7-4-5-17(14-19)15-22-9-11-25-12-10-22/h2-8,14,16H,9-13,15H2,1H3. The maximum Gasteiger partial charge on any atom is 0.258 e. The van der Waals surface area contributed by atoms with Gasteiger partial charge in [-0.25, -0.2) is 0 Å². The van der Waals surface area contributed by atoms with E-state index in [0.29, 0.717) is 0 Å². The number of fused-ring (bicyclic) bond motifs is 1. The molecule has 2 aliphatic rings. The maximum atomic E-state index is 13.2. The van der Waals surface area contributed by atoms with Crippen molar-refractivity contribution >= 4 is 11.6 Å². The molecule has 1 amide bonds. The molecule has 0 bridgehead atoms. The Kier molecular flexibility index (Phi) is 4.55. The molecule has 0 aromatic heterocycles. The predicted octanol–water partition coefficient (Wildman–Crippen LogP) is 3.11. The number of anilines is 1. The monoisotopic (exact) mass is 336 g/mol. The van der Waals surface area contributed by atoms with Gasteiger partial charge in [-0.2, -0.15) is 0 Å². The summed E-state index contributed by atoms with van der Waals surface area (Å²) in [5, 5.41) is 0. The highest BCUT2D eigenvalue weighted by atomic mass is 16.5. The van der Waals surface area contributed by atoms with Crippen LogP contribution in [0.1, 0.15) is 28.4 Å². The second kappa shape index (κ2) is 6.98. The zero-order chi connectivity index (χ0) is 17.2. The molecule has 0 spiro atoms. The van der Waals surface area contributed by atoms with Gasteiger partial charge in [-0.1, -0.05) is 30.3 Å². The molecule has 2 heterocycles. The zero-order valence-electron chi connectivity index (χ0n) is 14.6. The van der Waals surface area contributed by atoms with E-state index in [9.17, 15) is 4.79 Å². The second-order valence-electron chi connectivity index (χ2n) is 6.95. The first-order chi connectivity index (χ1) is 12.2. The third-order valence-corrected chi connectivity index (χ3v) is 5.11. The van der Waals surface area contributed by atoms with Gasteiger partial charge < -0.3 is 9.64 Å². The minimum atomic E-state index is 0.0984. The van der Waals surface area contributed by atoms with Crippen molar-refractivity contribution < 1.29 is 9.53 Å². The number of benzene rings is 2. The molecule has 0 radical (unpaired) electrons. The van der Waals surface area contributed by atoms with Crippen molar-refractivity contribution in [3.8, 4) is 0 Å². The quantitative estimate of drug-likeness (QED) is 0.863. The van der Waals surface area contributed by atoms with Crippen LogP contribution in [0.5, 0.6) is 0 Å². The highest BCUT2D eigenvalue weighted by Gasteiger charge is 2.31. The number of hydrogen-bond acceptors (Lipinski definition) is 3. The Hall–Kier alpha value is -2.17. The summed E-state index contributed by atoms with van der Waals surface area (Å²) in [5.41, 5.74) is 4.27. The van der Waals surface area contributed by atoms with Crippen molar-refractivity contribution in [1.82, 2.24) is 4.90 Å². The van der Waals surface area contributed by atoms with E-state index in [1.54, 1.807) is 0 Å². The van der Waals surface area contributed by atoms with Crippen molar-refractivity contribution in [1.29, 1.82) is 0 Å². The Morgan fingerprint density at radius 3 is 2.76 bits per heavy atom. The van der Waals surface area contributed by atoms with Gasteiger partial charge in [-0.05, 0) is 42.7 Å². The van der Waals surface area contributed by atoms with Crippen LogP contribution in [0, 0.1) is 0 Å². The van der Waals surface area contributed by atoms with Crippen molar-refractivity contribution in [2.24, 2.45) is 0 Å². The van der Waals surface area contributed by atoms with Crippen LogP contribution in [0.4, 0.5) is 5.69 Å². The van der Waals surface area contributed by atoms with E-state index in [4.69, 9.17) is 4.74 Å². The molecule has 2 aromatic rings. The lowest BCUT2D eigenvalue weighted by molar-refractivity contribution is 0.0342. The van der Waals surface area contributed by atoms with E-state index in [0.717, 1.165) is 50.5 Å². The Bertz CT molecular complexity index is 768. The van der Waals surface area contributed by atoms with Gasteiger partial charge in [0.05, 0.1) is 13.2 Å². The van der Waals surface area contributed by atoms with E-state index in [1.807, 2.05) is 41.3 Å². The molecule has 2 aromatic carbocycles. The van der Waals surface area contributed by atoms with E-state index in [-0.39, 0.29) is 11.9 Å². The lowest BCUT2D eigenvalue weighted by Gasteiger charge is -2.27. The topological polar surface area (TPSA) is 32.8 Å². The highest BCUT2D eigenvalue weighted by molar-refractivity contribution is 6.07. The first-order valence-electron chi connectivity index (χ1n) is 9.03. The van der Waals surface area contributed by atoms with Crippen LogP contribution < -0.4 is 4.90 Å². The minimum absolute atomic E-state index is 0.0984. The van der Waals surface area contributed by atoms with Crippen LogP contribution in [0.3, 0.4) is 0 Å². The summed E-state index contributed by atoms with van der Waals surface area (Å²) in [6, 6.07) is 16.5. The molecule has 2 aliphatic heterocycles. The van der Waals surface area contributed by atoms with Crippen molar-refractivity contribution in [3.05, 3.63) is 65.2 Å². The van der Waals surface area contributed by atoms with Gasteiger partial charge in [0.2, 0.25) is 0 Å². The van der Waals surface area contributed by atoms with Gasteiger partial charge in [0.15, 0.2) is 0 Å². The van der Waals surface area contributed by atoms with E-state index in [2.05, 4.69) is 24.0 Å². The number of ether oxygens (including phenoxy) is 1. The molecule has 1 atom stereocenters. The fourth-order valence-corrected chi connectivity index (χ4v) is 3.83. The van der Waals surface area contributed by atoms with Gasteiger partial charge in [0.1, 0.15) is 0 Å². The fraction of sp³-hybridized carbons (Fsp3) is 0.381. The number of amides is 1. The molecule has 4 rings (SSSR count). The van der Waals surface area contributed by atoms with E-state index in [1.165, 1.54) is 11.1 Å². The van der Waals surface area contributed by atoms with Crippen molar-refractivity contribution in [2.75, 3.05) is 31.2 Å². The molecule has 1 unspecified atom stereocenters. The Balaban J connectivity index is 1.55.